The molecule has 41 heavy (non-hydrogen) atoms. The van der Waals surface area contributed by atoms with Gasteiger partial charge in [-0.3, -0.25) is 24.2 Å². The summed E-state index contributed by atoms with van der Waals surface area (Å²) in [7, 11) is 0. The van der Waals surface area contributed by atoms with Crippen LogP contribution in [0.1, 0.15) is 11.1 Å². The van der Waals surface area contributed by atoms with Crippen LogP contribution in [0.15, 0.2) is 60.0 Å². The van der Waals surface area contributed by atoms with Gasteiger partial charge < -0.3 is 10.0 Å². The number of halogens is 3. The summed E-state index contributed by atoms with van der Waals surface area (Å²) in [4.78, 5) is 46.8. The van der Waals surface area contributed by atoms with E-state index < -0.39 is 28.4 Å². The van der Waals surface area contributed by atoms with Gasteiger partial charge in [0.2, 0.25) is 5.91 Å². The van der Waals surface area contributed by atoms with Gasteiger partial charge in [0.05, 0.1) is 11.4 Å². The molecule has 0 bridgehead atoms. The van der Waals surface area contributed by atoms with E-state index in [2.05, 4.69) is 10.1 Å². The first kappa shape index (κ1) is 28.9. The number of piperazine rings is 1. The fourth-order valence-electron chi connectivity index (χ4n) is 4.78. The Morgan fingerprint density at radius 2 is 1.80 bits per heavy atom. The van der Waals surface area contributed by atoms with Crippen molar-refractivity contribution in [1.82, 2.24) is 29.5 Å². The number of rotatable bonds is 8. The smallest absolute Gasteiger partial charge is 0.294 e. The fraction of sp³-hybridized carbons (Fsp3) is 0.296. The van der Waals surface area contributed by atoms with E-state index in [1.165, 1.54) is 28.3 Å². The molecule has 2 saturated heterocycles. The second-order valence-electron chi connectivity index (χ2n) is 9.73. The Bertz CT molecular complexity index is 1480. The van der Waals surface area contributed by atoms with Crippen LogP contribution in [0.4, 0.5) is 13.6 Å². The molecular weight excluding hydrogens is 578 g/mol. The molecule has 3 heterocycles. The molecule has 0 saturated carbocycles. The van der Waals surface area contributed by atoms with Crippen LogP contribution in [0.25, 0.3) is 6.08 Å². The van der Waals surface area contributed by atoms with Gasteiger partial charge in [0.1, 0.15) is 36.4 Å². The normalized spacial score (nSPS) is 18.8. The second-order valence-corrected chi connectivity index (χ2v) is 11.2. The Kier molecular flexibility index (Phi) is 8.50. The van der Waals surface area contributed by atoms with Crippen molar-refractivity contribution < 1.29 is 28.3 Å². The average molecular weight is 603 g/mol. The molecule has 3 amide bonds. The van der Waals surface area contributed by atoms with Gasteiger partial charge in [-0.1, -0.05) is 29.8 Å². The van der Waals surface area contributed by atoms with Gasteiger partial charge in [0.15, 0.2) is 0 Å². The number of thioether (sulfide) groups is 1. The molecule has 14 heteroatoms. The van der Waals surface area contributed by atoms with Crippen molar-refractivity contribution in [3.8, 4) is 0 Å². The highest BCUT2D eigenvalue weighted by molar-refractivity contribution is 8.18. The lowest BCUT2D eigenvalue weighted by Gasteiger charge is -2.40. The Balaban J connectivity index is 1.21. The fourth-order valence-corrected chi connectivity index (χ4v) is 5.74. The summed E-state index contributed by atoms with van der Waals surface area (Å²) in [6, 6.07) is 9.79. The van der Waals surface area contributed by atoms with Crippen LogP contribution in [0.3, 0.4) is 0 Å². The summed E-state index contributed by atoms with van der Waals surface area (Å²) < 4.78 is 29.7. The number of β-amino-alcohol motifs (C(OH)–C–C–N with tert-alkyl or cyclic N) is 1. The Labute approximate surface area is 243 Å². The number of nitrogens with zero attached hydrogens (tertiary/aromatic N) is 6. The number of carbonyl (C=O) groups excluding carboxylic acids is 3. The highest BCUT2D eigenvalue weighted by Gasteiger charge is 2.39. The van der Waals surface area contributed by atoms with Crippen molar-refractivity contribution >= 4 is 46.5 Å². The average Bonchev–Trinajstić information content (AvgIpc) is 3.53. The van der Waals surface area contributed by atoms with Crippen molar-refractivity contribution in [2.24, 2.45) is 0 Å². The maximum absolute atomic E-state index is 14.7. The van der Waals surface area contributed by atoms with Crippen molar-refractivity contribution in [3.05, 3.63) is 87.8 Å². The molecule has 2 aliphatic heterocycles. The van der Waals surface area contributed by atoms with Gasteiger partial charge >= 0.3 is 0 Å². The first-order chi connectivity index (χ1) is 19.6. The van der Waals surface area contributed by atoms with Gasteiger partial charge in [-0.2, -0.15) is 5.10 Å². The van der Waals surface area contributed by atoms with E-state index in [1.54, 1.807) is 30.3 Å². The van der Waals surface area contributed by atoms with Crippen LogP contribution in [0, 0.1) is 11.6 Å². The van der Waals surface area contributed by atoms with Crippen LogP contribution in [0.5, 0.6) is 0 Å². The van der Waals surface area contributed by atoms with Crippen molar-refractivity contribution in [1.29, 1.82) is 0 Å². The Morgan fingerprint density at radius 3 is 2.46 bits per heavy atom. The van der Waals surface area contributed by atoms with E-state index >= 15 is 0 Å². The van der Waals surface area contributed by atoms with Gasteiger partial charge in [0, 0.05) is 49.4 Å². The number of benzene rings is 2. The van der Waals surface area contributed by atoms with E-state index in [9.17, 15) is 28.3 Å². The maximum atomic E-state index is 14.7. The predicted molar refractivity (Wildman–Crippen MR) is 147 cm³/mol. The van der Waals surface area contributed by atoms with Crippen LogP contribution < -0.4 is 0 Å². The summed E-state index contributed by atoms with van der Waals surface area (Å²) >= 11 is 6.67. The summed E-state index contributed by atoms with van der Waals surface area (Å²) in [6.07, 6.45) is 4.25. The minimum absolute atomic E-state index is 0.0178. The third-order valence-corrected chi connectivity index (χ3v) is 8.03. The Hall–Kier alpha value is -3.65. The molecule has 0 spiro atoms. The van der Waals surface area contributed by atoms with Gasteiger partial charge in [-0.05, 0) is 41.6 Å². The quantitative estimate of drug-likeness (QED) is 0.392. The number of aromatic nitrogens is 3. The molecule has 1 N–H and O–H groups in total. The lowest BCUT2D eigenvalue weighted by Crippen LogP contribution is -2.55. The van der Waals surface area contributed by atoms with Crippen molar-refractivity contribution in [3.63, 3.8) is 0 Å². The first-order valence-corrected chi connectivity index (χ1v) is 13.8. The minimum Gasteiger partial charge on any atom is -0.382 e. The number of hydrogen-bond donors (Lipinski definition) is 1. The number of amides is 3. The van der Waals surface area contributed by atoms with E-state index in [0.29, 0.717) is 29.7 Å². The molecule has 2 fully saturated rings. The van der Waals surface area contributed by atoms with Gasteiger partial charge in [0.25, 0.3) is 11.1 Å². The number of imide groups is 1. The molecule has 2 aliphatic rings. The maximum Gasteiger partial charge on any atom is 0.294 e. The zero-order chi connectivity index (χ0) is 29.1. The number of carbonyl (C=O) groups is 3. The number of aliphatic hydroxyl groups is 1. The topological polar surface area (TPSA) is 112 Å². The second kappa shape index (κ2) is 12.1. The molecule has 1 aromatic heterocycles. The van der Waals surface area contributed by atoms with E-state index in [0.717, 1.165) is 22.7 Å². The number of hydrogen-bond acceptors (Lipinski definition) is 8. The van der Waals surface area contributed by atoms with Gasteiger partial charge in [-0.15, -0.1) is 0 Å². The van der Waals surface area contributed by atoms with Crippen LogP contribution in [-0.2, 0) is 21.7 Å². The third-order valence-electron chi connectivity index (χ3n) is 6.87. The summed E-state index contributed by atoms with van der Waals surface area (Å²) in [6.45, 7) is 0.675. The lowest BCUT2D eigenvalue weighted by molar-refractivity contribution is -0.137. The van der Waals surface area contributed by atoms with Crippen LogP contribution in [0.2, 0.25) is 5.02 Å². The molecule has 1 atom stereocenters. The molecule has 0 radical (unpaired) electrons. The highest BCUT2D eigenvalue weighted by Crippen LogP contribution is 2.33. The zero-order valence-corrected chi connectivity index (χ0v) is 23.2. The first-order valence-electron chi connectivity index (χ1n) is 12.6. The molecule has 214 valence electrons. The molecule has 3 aromatic rings. The summed E-state index contributed by atoms with van der Waals surface area (Å²) in [5.41, 5.74) is -1.15. The molecule has 5 rings (SSSR count). The highest BCUT2D eigenvalue weighted by atomic mass is 35.5. The zero-order valence-electron chi connectivity index (χ0n) is 21.6. The molecule has 0 aliphatic carbocycles. The van der Waals surface area contributed by atoms with Crippen molar-refractivity contribution in [2.75, 3.05) is 39.3 Å². The van der Waals surface area contributed by atoms with Crippen LogP contribution >= 0.6 is 23.4 Å². The van der Waals surface area contributed by atoms with E-state index in [4.69, 9.17) is 11.6 Å². The lowest BCUT2D eigenvalue weighted by atomic mass is 9.92. The van der Waals surface area contributed by atoms with Crippen molar-refractivity contribution in [2.45, 2.75) is 12.1 Å². The largest absolute Gasteiger partial charge is 0.382 e. The predicted octanol–water partition coefficient (Wildman–Crippen LogP) is 2.98. The van der Waals surface area contributed by atoms with Crippen LogP contribution in [-0.4, -0.2) is 90.9 Å². The molecule has 2 aromatic carbocycles. The monoisotopic (exact) mass is 602 g/mol. The summed E-state index contributed by atoms with van der Waals surface area (Å²) in [5.74, 6) is -2.57. The van der Waals surface area contributed by atoms with Gasteiger partial charge in [-0.25, -0.2) is 18.4 Å². The van der Waals surface area contributed by atoms with E-state index in [-0.39, 0.29) is 49.1 Å². The van der Waals surface area contributed by atoms with E-state index in [1.807, 2.05) is 4.90 Å². The SMILES string of the molecule is O=C(CN1C(=O)S/C(=C\c2ccc(Cl)cc2)C1=O)N1CCN(CC(O)(Cn2cncn2)c2ccc(F)cc2F)CC1. The standard InChI is InChI=1S/C27H25ClF2N6O4S/c28-19-3-1-18(2-4-19)11-23-25(38)36(26(39)41-23)13-24(37)34-9-7-33(8-10-34)14-27(40,15-35-17-31-16-32-35)21-6-5-20(29)12-22(21)30/h1-6,11-12,16-17,40H,7-10,13-15H2/b23-11-. The molecular formula is C27H25ClF2N6O4S. The summed E-state index contributed by atoms with van der Waals surface area (Å²) in [5, 5.41) is 15.6. The third kappa shape index (κ3) is 6.64. The Morgan fingerprint density at radius 1 is 1.07 bits per heavy atom. The molecule has 1 unspecified atom stereocenters. The molecule has 10 nitrogen and oxygen atoms in total. The minimum atomic E-state index is -1.77.